The molecule has 6 nitrogen and oxygen atoms in total. The first-order chi connectivity index (χ1) is 10.7. The monoisotopic (exact) mass is 348 g/mol. The molecule has 4 atom stereocenters. The van der Waals surface area contributed by atoms with Crippen molar-refractivity contribution < 1.29 is 19.4 Å². The lowest BCUT2D eigenvalue weighted by atomic mass is 9.91. The first-order valence-corrected chi connectivity index (χ1v) is 10.8. The number of carbonyl (C=O) groups is 1. The van der Waals surface area contributed by atoms with Crippen molar-refractivity contribution in [2.45, 2.75) is 64.5 Å². The molecular weight excluding hydrogens is 315 g/mol. The number of amides is 1. The maximum atomic E-state index is 12.3. The van der Waals surface area contributed by atoms with Crippen LogP contribution in [0.15, 0.2) is 0 Å². The lowest BCUT2D eigenvalue weighted by Crippen LogP contribution is -2.47. The molecule has 0 aliphatic heterocycles. The van der Waals surface area contributed by atoms with Gasteiger partial charge in [-0.2, -0.15) is 0 Å². The highest BCUT2D eigenvalue weighted by atomic mass is 31.2. The number of aliphatic hydroxyl groups excluding tert-OH is 1. The molecule has 1 amide bonds. The Kier molecular flexibility index (Phi) is 8.76. The van der Waals surface area contributed by atoms with E-state index in [9.17, 15) is 19.4 Å². The fourth-order valence-corrected chi connectivity index (χ4v) is 5.20. The summed E-state index contributed by atoms with van der Waals surface area (Å²) in [5.41, 5.74) is 5.81. The molecule has 0 spiro atoms. The van der Waals surface area contributed by atoms with Gasteiger partial charge in [-0.1, -0.05) is 39.5 Å². The average molecular weight is 348 g/mol. The molecule has 0 saturated heterocycles. The Morgan fingerprint density at radius 1 is 1.35 bits per heavy atom. The molecule has 0 heterocycles. The van der Waals surface area contributed by atoms with Crippen molar-refractivity contribution >= 4 is 13.3 Å². The zero-order valence-electron chi connectivity index (χ0n) is 14.4. The highest BCUT2D eigenvalue weighted by Crippen LogP contribution is 2.45. The molecule has 1 fully saturated rings. The second-order valence-electron chi connectivity index (χ2n) is 7.03. The third-order valence-electron chi connectivity index (χ3n) is 4.84. The highest BCUT2D eigenvalue weighted by Gasteiger charge is 2.28. The fourth-order valence-electron chi connectivity index (χ4n) is 3.09. The smallest absolute Gasteiger partial charge is 0.237 e. The van der Waals surface area contributed by atoms with Gasteiger partial charge in [-0.15, -0.1) is 0 Å². The molecule has 7 heteroatoms. The quantitative estimate of drug-likeness (QED) is 0.474. The van der Waals surface area contributed by atoms with Crippen LogP contribution in [-0.2, 0) is 9.36 Å². The van der Waals surface area contributed by atoms with Crippen LogP contribution >= 0.6 is 7.37 Å². The molecule has 136 valence electrons. The first-order valence-electron chi connectivity index (χ1n) is 8.77. The average Bonchev–Trinajstić information content (AvgIpc) is 2.51. The Labute approximate surface area is 139 Å². The number of nitrogens with two attached hydrogens (primary N) is 1. The summed E-state index contributed by atoms with van der Waals surface area (Å²) < 4.78 is 12.3. The molecule has 1 rings (SSSR count). The van der Waals surface area contributed by atoms with E-state index in [1.54, 1.807) is 0 Å². The van der Waals surface area contributed by atoms with Crippen molar-refractivity contribution in [2.75, 3.05) is 18.9 Å². The minimum atomic E-state index is -3.36. The maximum Gasteiger partial charge on any atom is 0.237 e. The molecule has 0 aromatic heterocycles. The number of aliphatic hydroxyl groups is 1. The Bertz CT molecular complexity index is 413. The minimum Gasteiger partial charge on any atom is -0.391 e. The van der Waals surface area contributed by atoms with Gasteiger partial charge in [0.25, 0.3) is 0 Å². The molecule has 1 aliphatic rings. The van der Waals surface area contributed by atoms with Crippen molar-refractivity contribution in [3.05, 3.63) is 0 Å². The maximum absolute atomic E-state index is 12.3. The van der Waals surface area contributed by atoms with Gasteiger partial charge < -0.3 is 21.1 Å². The van der Waals surface area contributed by atoms with Crippen molar-refractivity contribution in [3.63, 3.8) is 0 Å². The van der Waals surface area contributed by atoms with Crippen molar-refractivity contribution in [1.82, 2.24) is 5.32 Å². The lowest BCUT2D eigenvalue weighted by molar-refractivity contribution is -0.123. The second kappa shape index (κ2) is 9.77. The summed E-state index contributed by atoms with van der Waals surface area (Å²) in [7, 11) is -3.36. The summed E-state index contributed by atoms with van der Waals surface area (Å²) in [4.78, 5) is 21.9. The van der Waals surface area contributed by atoms with Crippen LogP contribution in [0.2, 0.25) is 0 Å². The van der Waals surface area contributed by atoms with Crippen molar-refractivity contribution in [1.29, 1.82) is 0 Å². The summed E-state index contributed by atoms with van der Waals surface area (Å²) in [6.45, 7) is 3.82. The molecule has 5 N–H and O–H groups in total. The van der Waals surface area contributed by atoms with E-state index in [1.165, 1.54) is 6.42 Å². The zero-order chi connectivity index (χ0) is 17.5. The van der Waals surface area contributed by atoms with Gasteiger partial charge in [0.2, 0.25) is 13.3 Å². The molecule has 3 unspecified atom stereocenters. The molecular formula is C16H33N2O4P. The van der Waals surface area contributed by atoms with Gasteiger partial charge >= 0.3 is 0 Å². The lowest BCUT2D eigenvalue weighted by Gasteiger charge is -2.25. The largest absolute Gasteiger partial charge is 0.391 e. The van der Waals surface area contributed by atoms with Crippen molar-refractivity contribution in [3.8, 4) is 0 Å². The predicted octanol–water partition coefficient (Wildman–Crippen LogP) is 1.69. The van der Waals surface area contributed by atoms with E-state index < -0.39 is 19.5 Å². The van der Waals surface area contributed by atoms with E-state index in [-0.39, 0.29) is 30.7 Å². The number of hydrogen-bond acceptors (Lipinski definition) is 4. The Morgan fingerprint density at radius 2 is 1.96 bits per heavy atom. The summed E-state index contributed by atoms with van der Waals surface area (Å²) >= 11 is 0. The third-order valence-corrected chi connectivity index (χ3v) is 6.91. The van der Waals surface area contributed by atoms with E-state index >= 15 is 0 Å². The molecule has 0 aromatic rings. The zero-order valence-corrected chi connectivity index (χ0v) is 15.3. The molecule has 1 aliphatic carbocycles. The summed E-state index contributed by atoms with van der Waals surface area (Å²) in [5, 5.41) is 12.5. The standard InChI is InChI=1S/C16H33N2O4P/c1-3-12(2)15(17)16(20)18-9-14(19)11-23(21,22)10-13-7-5-4-6-8-13/h12-15,19H,3-11,17H2,1-2H3,(H,18,20)(H,21,22)/t12?,14-,15?/m0/s1. The van der Waals surface area contributed by atoms with Gasteiger partial charge in [0.1, 0.15) is 0 Å². The van der Waals surface area contributed by atoms with Gasteiger partial charge in [0.15, 0.2) is 0 Å². The van der Waals surface area contributed by atoms with Gasteiger partial charge in [0.05, 0.1) is 18.3 Å². The Hall–Kier alpha value is -0.420. The fraction of sp³-hybridized carbons (Fsp3) is 0.938. The SMILES string of the molecule is CCC(C)C(N)C(=O)NC[C@H](O)CP(=O)(O)CC1CCCCC1. The van der Waals surface area contributed by atoms with E-state index in [2.05, 4.69) is 5.32 Å². The normalized spacial score (nSPS) is 22.8. The number of hydrogen-bond donors (Lipinski definition) is 4. The van der Waals surface area contributed by atoms with Crippen LogP contribution in [0.1, 0.15) is 52.4 Å². The van der Waals surface area contributed by atoms with Crippen LogP contribution in [0.4, 0.5) is 0 Å². The topological polar surface area (TPSA) is 113 Å². The van der Waals surface area contributed by atoms with Crippen LogP contribution < -0.4 is 11.1 Å². The molecule has 23 heavy (non-hydrogen) atoms. The van der Waals surface area contributed by atoms with Crippen LogP contribution in [-0.4, -0.2) is 46.9 Å². The number of carbonyl (C=O) groups excluding carboxylic acids is 1. The van der Waals surface area contributed by atoms with E-state index in [0.29, 0.717) is 5.92 Å². The molecule has 0 bridgehead atoms. The van der Waals surface area contributed by atoms with Crippen LogP contribution in [0, 0.1) is 11.8 Å². The van der Waals surface area contributed by atoms with Gasteiger partial charge in [0, 0.05) is 12.7 Å². The Balaban J connectivity index is 2.35. The number of nitrogens with one attached hydrogen (secondary N) is 1. The predicted molar refractivity (Wildman–Crippen MR) is 92.6 cm³/mol. The number of rotatable bonds is 9. The van der Waals surface area contributed by atoms with Gasteiger partial charge in [-0.3, -0.25) is 9.36 Å². The van der Waals surface area contributed by atoms with E-state index in [0.717, 1.165) is 32.1 Å². The van der Waals surface area contributed by atoms with Gasteiger partial charge in [-0.25, -0.2) is 0 Å². The highest BCUT2D eigenvalue weighted by molar-refractivity contribution is 7.58. The minimum absolute atomic E-state index is 0.0296. The molecule has 1 saturated carbocycles. The van der Waals surface area contributed by atoms with Crippen LogP contribution in [0.3, 0.4) is 0 Å². The molecule has 0 radical (unpaired) electrons. The first kappa shape index (κ1) is 20.6. The van der Waals surface area contributed by atoms with Crippen LogP contribution in [0.25, 0.3) is 0 Å². The molecule has 0 aromatic carbocycles. The summed E-state index contributed by atoms with van der Waals surface area (Å²) in [6.07, 6.45) is 5.35. The van der Waals surface area contributed by atoms with E-state index in [4.69, 9.17) is 5.73 Å². The third kappa shape index (κ3) is 7.79. The van der Waals surface area contributed by atoms with E-state index in [1.807, 2.05) is 13.8 Å². The van der Waals surface area contributed by atoms with Crippen molar-refractivity contribution in [2.24, 2.45) is 17.6 Å². The summed E-state index contributed by atoms with van der Waals surface area (Å²) in [5.74, 6) is 0.0287. The second-order valence-corrected chi connectivity index (χ2v) is 9.45. The van der Waals surface area contributed by atoms with Crippen LogP contribution in [0.5, 0.6) is 0 Å². The summed E-state index contributed by atoms with van der Waals surface area (Å²) in [6, 6.07) is -0.615. The van der Waals surface area contributed by atoms with Gasteiger partial charge in [-0.05, 0) is 24.7 Å². The Morgan fingerprint density at radius 3 is 2.52 bits per heavy atom.